The van der Waals surface area contributed by atoms with Crippen LogP contribution in [-0.2, 0) is 13.5 Å². The molecular weight excluding hydrogens is 234 g/mol. The molecule has 2 aromatic heterocycles. The number of rotatable bonds is 4. The average molecular weight is 249 g/mol. The molecule has 0 aliphatic rings. The van der Waals surface area contributed by atoms with Crippen LogP contribution in [0.1, 0.15) is 30.1 Å². The third-order valence-electron chi connectivity index (χ3n) is 2.53. The lowest BCUT2D eigenvalue weighted by atomic mass is 10.1. The molecule has 0 radical (unpaired) electrons. The maximum absolute atomic E-state index is 11.1. The molecule has 6 heteroatoms. The van der Waals surface area contributed by atoms with Crippen molar-refractivity contribution in [2.24, 2.45) is 13.0 Å². The molecule has 2 rings (SSSR count). The molecule has 0 fully saturated rings. The zero-order chi connectivity index (χ0) is 13.3. The Kier molecular flexibility index (Phi) is 3.18. The second-order valence-corrected chi connectivity index (χ2v) is 4.59. The summed E-state index contributed by atoms with van der Waals surface area (Å²) in [6, 6.07) is 0. The summed E-state index contributed by atoms with van der Waals surface area (Å²) in [5.41, 5.74) is 1.14. The van der Waals surface area contributed by atoms with Crippen molar-refractivity contribution < 1.29 is 14.3 Å². The van der Waals surface area contributed by atoms with Gasteiger partial charge in [-0.2, -0.15) is 0 Å². The standard InChI is InChI=1S/C12H15N3O3/c1-7(2)4-8-10(12(16)17)18-11(14-8)9-5-13-6-15(9)3/h5-7H,4H2,1-3H3,(H,16,17). The minimum Gasteiger partial charge on any atom is -0.475 e. The molecule has 2 aromatic rings. The SMILES string of the molecule is CC(C)Cc1nc(-c2cncn2C)oc1C(=O)O. The number of aryl methyl sites for hydroxylation is 1. The van der Waals surface area contributed by atoms with E-state index in [4.69, 9.17) is 9.52 Å². The number of aromatic carboxylic acids is 1. The normalized spacial score (nSPS) is 11.1. The second kappa shape index (κ2) is 4.64. The Morgan fingerprint density at radius 2 is 2.28 bits per heavy atom. The smallest absolute Gasteiger partial charge is 0.373 e. The lowest BCUT2D eigenvalue weighted by molar-refractivity contribution is 0.0661. The van der Waals surface area contributed by atoms with Gasteiger partial charge in [-0.15, -0.1) is 0 Å². The molecule has 1 N–H and O–H groups in total. The van der Waals surface area contributed by atoms with Crippen LogP contribution in [0.2, 0.25) is 0 Å². The van der Waals surface area contributed by atoms with E-state index in [1.807, 2.05) is 13.8 Å². The first-order valence-electron chi connectivity index (χ1n) is 5.68. The summed E-state index contributed by atoms with van der Waals surface area (Å²) in [5.74, 6) is -0.567. The molecule has 0 aromatic carbocycles. The number of oxazole rings is 1. The van der Waals surface area contributed by atoms with E-state index >= 15 is 0 Å². The molecular formula is C12H15N3O3. The monoisotopic (exact) mass is 249 g/mol. The lowest BCUT2D eigenvalue weighted by Gasteiger charge is -2.00. The quantitative estimate of drug-likeness (QED) is 0.895. The molecule has 6 nitrogen and oxygen atoms in total. The van der Waals surface area contributed by atoms with Crippen LogP contribution in [0, 0.1) is 5.92 Å². The van der Waals surface area contributed by atoms with E-state index in [0.717, 1.165) is 0 Å². The van der Waals surface area contributed by atoms with Crippen molar-refractivity contribution in [1.82, 2.24) is 14.5 Å². The van der Waals surface area contributed by atoms with Gasteiger partial charge in [0.05, 0.1) is 18.2 Å². The van der Waals surface area contributed by atoms with Crippen LogP contribution in [-0.4, -0.2) is 25.6 Å². The molecule has 0 saturated heterocycles. The predicted molar refractivity (Wildman–Crippen MR) is 64.2 cm³/mol. The van der Waals surface area contributed by atoms with E-state index in [2.05, 4.69) is 9.97 Å². The van der Waals surface area contributed by atoms with Gasteiger partial charge in [0.25, 0.3) is 0 Å². The van der Waals surface area contributed by atoms with Crippen LogP contribution in [0.3, 0.4) is 0 Å². The van der Waals surface area contributed by atoms with Crippen molar-refractivity contribution in [3.8, 4) is 11.6 Å². The van der Waals surface area contributed by atoms with E-state index in [9.17, 15) is 4.79 Å². The Balaban J connectivity index is 2.45. The van der Waals surface area contributed by atoms with Crippen LogP contribution in [0.5, 0.6) is 0 Å². The topological polar surface area (TPSA) is 81.2 Å². The number of carbonyl (C=O) groups is 1. The molecule has 0 atom stereocenters. The molecule has 0 spiro atoms. The highest BCUT2D eigenvalue weighted by atomic mass is 16.4. The Hall–Kier alpha value is -2.11. The summed E-state index contributed by atoms with van der Waals surface area (Å²) in [4.78, 5) is 19.3. The predicted octanol–water partition coefficient (Wildman–Crippen LogP) is 1.97. The first-order valence-corrected chi connectivity index (χ1v) is 5.68. The van der Waals surface area contributed by atoms with E-state index in [0.29, 0.717) is 29.6 Å². The fraction of sp³-hybridized carbons (Fsp3) is 0.417. The molecule has 0 aliphatic heterocycles. The largest absolute Gasteiger partial charge is 0.475 e. The Bertz CT molecular complexity index is 569. The van der Waals surface area contributed by atoms with E-state index < -0.39 is 5.97 Å². The first-order chi connectivity index (χ1) is 8.49. The van der Waals surface area contributed by atoms with Crippen LogP contribution >= 0.6 is 0 Å². The number of nitrogens with zero attached hydrogens (tertiary/aromatic N) is 3. The second-order valence-electron chi connectivity index (χ2n) is 4.59. The summed E-state index contributed by atoms with van der Waals surface area (Å²) < 4.78 is 7.06. The number of carboxylic acid groups (broad SMARTS) is 1. The highest BCUT2D eigenvalue weighted by molar-refractivity contribution is 5.86. The van der Waals surface area contributed by atoms with Gasteiger partial charge < -0.3 is 14.1 Å². The minimum absolute atomic E-state index is 0.0834. The van der Waals surface area contributed by atoms with E-state index in [1.165, 1.54) is 0 Å². The number of aromatic nitrogens is 3. The Morgan fingerprint density at radius 3 is 2.78 bits per heavy atom. The van der Waals surface area contributed by atoms with Gasteiger partial charge in [0.15, 0.2) is 0 Å². The van der Waals surface area contributed by atoms with Crippen molar-refractivity contribution in [3.63, 3.8) is 0 Å². The van der Waals surface area contributed by atoms with Crippen molar-refractivity contribution >= 4 is 5.97 Å². The number of imidazole rings is 1. The summed E-state index contributed by atoms with van der Waals surface area (Å²) in [6.45, 7) is 4.01. The molecule has 0 aliphatic carbocycles. The number of carboxylic acids is 1. The van der Waals surface area contributed by atoms with Gasteiger partial charge in [-0.1, -0.05) is 13.8 Å². The molecule has 0 bridgehead atoms. The van der Waals surface area contributed by atoms with Crippen LogP contribution in [0.25, 0.3) is 11.6 Å². The molecule has 0 amide bonds. The van der Waals surface area contributed by atoms with Crippen molar-refractivity contribution in [1.29, 1.82) is 0 Å². The highest BCUT2D eigenvalue weighted by Gasteiger charge is 2.22. The fourth-order valence-electron chi connectivity index (χ4n) is 1.72. The summed E-state index contributed by atoms with van der Waals surface area (Å²) in [6.07, 6.45) is 3.78. The lowest BCUT2D eigenvalue weighted by Crippen LogP contribution is -2.03. The van der Waals surface area contributed by atoms with Crippen molar-refractivity contribution in [2.75, 3.05) is 0 Å². The van der Waals surface area contributed by atoms with Gasteiger partial charge in [-0.05, 0) is 12.3 Å². The summed E-state index contributed by atoms with van der Waals surface area (Å²) >= 11 is 0. The maximum atomic E-state index is 11.1. The number of hydrogen-bond acceptors (Lipinski definition) is 4. The highest BCUT2D eigenvalue weighted by Crippen LogP contribution is 2.23. The molecule has 2 heterocycles. The summed E-state index contributed by atoms with van der Waals surface area (Å²) in [5, 5.41) is 9.10. The molecule has 18 heavy (non-hydrogen) atoms. The van der Waals surface area contributed by atoms with E-state index in [-0.39, 0.29) is 5.76 Å². The first kappa shape index (κ1) is 12.3. The van der Waals surface area contributed by atoms with E-state index in [1.54, 1.807) is 24.1 Å². The van der Waals surface area contributed by atoms with Crippen molar-refractivity contribution in [2.45, 2.75) is 20.3 Å². The van der Waals surface area contributed by atoms with Crippen LogP contribution < -0.4 is 0 Å². The van der Waals surface area contributed by atoms with Crippen LogP contribution in [0.4, 0.5) is 0 Å². The van der Waals surface area contributed by atoms with Gasteiger partial charge in [0, 0.05) is 7.05 Å². The number of hydrogen-bond donors (Lipinski definition) is 1. The minimum atomic E-state index is -1.09. The zero-order valence-corrected chi connectivity index (χ0v) is 10.5. The third kappa shape index (κ3) is 2.27. The molecule has 0 unspecified atom stereocenters. The maximum Gasteiger partial charge on any atom is 0.373 e. The van der Waals surface area contributed by atoms with Gasteiger partial charge >= 0.3 is 5.97 Å². The van der Waals surface area contributed by atoms with Crippen molar-refractivity contribution in [3.05, 3.63) is 24.0 Å². The summed E-state index contributed by atoms with van der Waals surface area (Å²) in [7, 11) is 1.80. The average Bonchev–Trinajstić information content (AvgIpc) is 2.83. The van der Waals surface area contributed by atoms with Gasteiger partial charge in [-0.3, -0.25) is 0 Å². The van der Waals surface area contributed by atoms with Gasteiger partial charge in [0.1, 0.15) is 5.69 Å². The Morgan fingerprint density at radius 1 is 1.56 bits per heavy atom. The molecule has 96 valence electrons. The third-order valence-corrected chi connectivity index (χ3v) is 2.53. The van der Waals surface area contributed by atoms with Gasteiger partial charge in [-0.25, -0.2) is 14.8 Å². The fourth-order valence-corrected chi connectivity index (χ4v) is 1.72. The Labute approximate surface area is 104 Å². The van der Waals surface area contributed by atoms with Gasteiger partial charge in [0.2, 0.25) is 11.7 Å². The molecule has 0 saturated carbocycles. The van der Waals surface area contributed by atoms with Crippen LogP contribution in [0.15, 0.2) is 16.9 Å². The zero-order valence-electron chi connectivity index (χ0n) is 10.5.